The molecule has 8 nitrogen and oxygen atoms in total. The Morgan fingerprint density at radius 1 is 1.25 bits per heavy atom. The molecule has 0 unspecified atom stereocenters. The van der Waals surface area contributed by atoms with E-state index in [2.05, 4.69) is 20.4 Å². The summed E-state index contributed by atoms with van der Waals surface area (Å²) in [5, 5.41) is 18.5. The lowest BCUT2D eigenvalue weighted by molar-refractivity contribution is -0.385. The van der Waals surface area contributed by atoms with Crippen LogP contribution in [0.1, 0.15) is 17.0 Å². The van der Waals surface area contributed by atoms with Gasteiger partial charge in [-0.15, -0.1) is 0 Å². The second-order valence-electron chi connectivity index (χ2n) is 5.34. The summed E-state index contributed by atoms with van der Waals surface area (Å²) in [6, 6.07) is 8.56. The molecule has 8 heteroatoms. The number of hydrogen-bond donors (Lipinski definition) is 1. The lowest BCUT2D eigenvalue weighted by atomic mass is 10.2. The normalized spacial score (nSPS) is 10.6. The number of nitrogens with zero attached hydrogens (tertiary/aromatic N) is 5. The smallest absolute Gasteiger partial charge is 0.274 e. The third-order valence-corrected chi connectivity index (χ3v) is 3.50. The van der Waals surface area contributed by atoms with Crippen LogP contribution in [0.4, 0.5) is 11.5 Å². The number of rotatable bonds is 5. The summed E-state index contributed by atoms with van der Waals surface area (Å²) in [7, 11) is 0. The van der Waals surface area contributed by atoms with E-state index in [9.17, 15) is 10.1 Å². The van der Waals surface area contributed by atoms with Crippen LogP contribution in [0.25, 0.3) is 5.82 Å². The topological polar surface area (TPSA) is 98.8 Å². The van der Waals surface area contributed by atoms with Crippen LogP contribution in [0.2, 0.25) is 0 Å². The largest absolute Gasteiger partial charge is 0.364 e. The summed E-state index contributed by atoms with van der Waals surface area (Å²) < 4.78 is 1.71. The Kier molecular flexibility index (Phi) is 4.19. The number of benzene rings is 1. The monoisotopic (exact) mass is 324 g/mol. The van der Waals surface area contributed by atoms with Gasteiger partial charge in [-0.3, -0.25) is 15.1 Å². The summed E-state index contributed by atoms with van der Waals surface area (Å²) in [4.78, 5) is 19.3. The Morgan fingerprint density at radius 3 is 2.75 bits per heavy atom. The van der Waals surface area contributed by atoms with Crippen LogP contribution < -0.4 is 5.32 Å². The van der Waals surface area contributed by atoms with Gasteiger partial charge in [0, 0.05) is 23.9 Å². The van der Waals surface area contributed by atoms with Gasteiger partial charge in [-0.05, 0) is 19.9 Å². The highest BCUT2D eigenvalue weighted by Crippen LogP contribution is 2.19. The molecule has 2 aromatic heterocycles. The maximum Gasteiger partial charge on any atom is 0.274 e. The Morgan fingerprint density at radius 2 is 2.04 bits per heavy atom. The molecule has 0 aliphatic carbocycles. The summed E-state index contributed by atoms with van der Waals surface area (Å²) in [5.41, 5.74) is 2.51. The summed E-state index contributed by atoms with van der Waals surface area (Å²) in [6.45, 7) is 4.13. The first-order valence-corrected chi connectivity index (χ1v) is 7.36. The highest BCUT2D eigenvalue weighted by Gasteiger charge is 2.12. The van der Waals surface area contributed by atoms with Gasteiger partial charge in [-0.25, -0.2) is 9.67 Å². The van der Waals surface area contributed by atoms with Gasteiger partial charge < -0.3 is 5.32 Å². The van der Waals surface area contributed by atoms with Crippen LogP contribution >= 0.6 is 0 Å². The second kappa shape index (κ2) is 6.45. The van der Waals surface area contributed by atoms with E-state index in [1.807, 2.05) is 19.9 Å². The molecule has 3 aromatic rings. The van der Waals surface area contributed by atoms with Crippen LogP contribution in [0.5, 0.6) is 0 Å². The van der Waals surface area contributed by atoms with Crippen molar-refractivity contribution in [1.82, 2.24) is 19.7 Å². The molecule has 0 fully saturated rings. The Labute approximate surface area is 138 Å². The Balaban J connectivity index is 1.81. The Hall–Kier alpha value is -3.29. The molecule has 0 saturated heterocycles. The lowest BCUT2D eigenvalue weighted by Gasteiger charge is -2.08. The summed E-state index contributed by atoms with van der Waals surface area (Å²) in [6.07, 6.45) is 3.19. The van der Waals surface area contributed by atoms with Crippen molar-refractivity contribution < 1.29 is 4.92 Å². The molecule has 1 aromatic carbocycles. The highest BCUT2D eigenvalue weighted by atomic mass is 16.6. The van der Waals surface area contributed by atoms with Crippen molar-refractivity contribution in [3.63, 3.8) is 0 Å². The number of nitro groups is 1. The zero-order valence-electron chi connectivity index (χ0n) is 13.3. The first-order valence-electron chi connectivity index (χ1n) is 7.36. The predicted octanol–water partition coefficient (Wildman–Crippen LogP) is 2.80. The van der Waals surface area contributed by atoms with Crippen LogP contribution in [-0.2, 0) is 6.54 Å². The minimum Gasteiger partial charge on any atom is -0.364 e. The minimum atomic E-state index is -0.394. The summed E-state index contributed by atoms with van der Waals surface area (Å²) in [5.74, 6) is 1.12. The van der Waals surface area contributed by atoms with E-state index in [1.54, 1.807) is 35.3 Å². The van der Waals surface area contributed by atoms with Gasteiger partial charge in [-0.2, -0.15) is 5.10 Å². The lowest BCUT2D eigenvalue weighted by Crippen LogP contribution is -2.08. The fourth-order valence-corrected chi connectivity index (χ4v) is 2.43. The van der Waals surface area contributed by atoms with Gasteiger partial charge in [0.25, 0.3) is 5.69 Å². The average molecular weight is 324 g/mol. The number of aromatic nitrogens is 4. The SMILES string of the molecule is Cc1cc(C)n(-c2cncc(NCc3ccccc3[N+](=O)[O-])n2)n1. The van der Waals surface area contributed by atoms with Crippen LogP contribution in [0.3, 0.4) is 0 Å². The van der Waals surface area contributed by atoms with Crippen LogP contribution in [0.15, 0.2) is 42.7 Å². The molecule has 0 radical (unpaired) electrons. The Bertz CT molecular complexity index is 890. The maximum absolute atomic E-state index is 11.1. The van der Waals surface area contributed by atoms with Crippen molar-refractivity contribution in [2.45, 2.75) is 20.4 Å². The van der Waals surface area contributed by atoms with Crippen LogP contribution in [-0.4, -0.2) is 24.7 Å². The molecule has 0 spiro atoms. The number of nitro benzene ring substituents is 1. The number of nitrogens with one attached hydrogen (secondary N) is 1. The molecule has 0 aliphatic heterocycles. The van der Waals surface area contributed by atoms with Gasteiger partial charge in [-0.1, -0.05) is 18.2 Å². The van der Waals surface area contributed by atoms with Crippen molar-refractivity contribution in [3.05, 3.63) is 69.8 Å². The van der Waals surface area contributed by atoms with Crippen molar-refractivity contribution >= 4 is 11.5 Å². The number of para-hydroxylation sites is 1. The molecule has 24 heavy (non-hydrogen) atoms. The third kappa shape index (κ3) is 3.22. The van der Waals surface area contributed by atoms with E-state index in [-0.39, 0.29) is 12.2 Å². The first-order chi connectivity index (χ1) is 11.5. The molecule has 0 saturated carbocycles. The quantitative estimate of drug-likeness (QED) is 0.572. The molecule has 0 bridgehead atoms. The van der Waals surface area contributed by atoms with Gasteiger partial charge in [0.2, 0.25) is 0 Å². The van der Waals surface area contributed by atoms with Crippen molar-refractivity contribution in [1.29, 1.82) is 0 Å². The van der Waals surface area contributed by atoms with E-state index in [0.717, 1.165) is 11.4 Å². The fourth-order valence-electron chi connectivity index (χ4n) is 2.43. The van der Waals surface area contributed by atoms with E-state index in [1.165, 1.54) is 6.07 Å². The molecule has 2 heterocycles. The maximum atomic E-state index is 11.1. The first kappa shape index (κ1) is 15.6. The van der Waals surface area contributed by atoms with E-state index < -0.39 is 4.92 Å². The van der Waals surface area contributed by atoms with E-state index >= 15 is 0 Å². The molecule has 1 N–H and O–H groups in total. The molecule has 0 atom stereocenters. The van der Waals surface area contributed by atoms with Crippen molar-refractivity contribution in [2.75, 3.05) is 5.32 Å². The standard InChI is InChI=1S/C16H16N6O2/c1-11-7-12(2)21(20-11)16-10-17-9-15(19-16)18-8-13-5-3-4-6-14(13)22(23)24/h3-7,9-10H,8H2,1-2H3,(H,18,19). The molecule has 122 valence electrons. The van der Waals surface area contributed by atoms with Crippen molar-refractivity contribution in [2.24, 2.45) is 0 Å². The third-order valence-electron chi connectivity index (χ3n) is 3.50. The fraction of sp³-hybridized carbons (Fsp3) is 0.188. The minimum absolute atomic E-state index is 0.0765. The zero-order chi connectivity index (χ0) is 17.1. The van der Waals surface area contributed by atoms with Gasteiger partial charge in [0.1, 0.15) is 5.82 Å². The molecule has 3 rings (SSSR count). The zero-order valence-corrected chi connectivity index (χ0v) is 13.3. The molecular formula is C16H16N6O2. The number of anilines is 1. The van der Waals surface area contributed by atoms with Crippen molar-refractivity contribution in [3.8, 4) is 5.82 Å². The molecule has 0 amide bonds. The predicted molar refractivity (Wildman–Crippen MR) is 89.1 cm³/mol. The second-order valence-corrected chi connectivity index (χ2v) is 5.34. The van der Waals surface area contributed by atoms with Gasteiger partial charge >= 0.3 is 0 Å². The summed E-state index contributed by atoms with van der Waals surface area (Å²) >= 11 is 0. The van der Waals surface area contributed by atoms with E-state index in [4.69, 9.17) is 0 Å². The van der Waals surface area contributed by atoms with Gasteiger partial charge in [0.15, 0.2) is 5.82 Å². The van der Waals surface area contributed by atoms with E-state index in [0.29, 0.717) is 17.2 Å². The van der Waals surface area contributed by atoms with Crippen LogP contribution in [0, 0.1) is 24.0 Å². The molecule has 0 aliphatic rings. The highest BCUT2D eigenvalue weighted by molar-refractivity contribution is 5.44. The molecular weight excluding hydrogens is 308 g/mol. The number of hydrogen-bond acceptors (Lipinski definition) is 6. The number of aryl methyl sites for hydroxylation is 2. The average Bonchev–Trinajstić information content (AvgIpc) is 2.92. The van der Waals surface area contributed by atoms with Gasteiger partial charge in [0.05, 0.1) is 23.0 Å².